The summed E-state index contributed by atoms with van der Waals surface area (Å²) < 4.78 is 29.8. The molecule has 0 radical (unpaired) electrons. The Hall–Kier alpha value is -1.70. The SMILES string of the molecule is CCN(CC)S(=O)(=O)NCCc1cnn(-c2ccccc2)c1. The van der Waals surface area contributed by atoms with Crippen LogP contribution >= 0.6 is 0 Å². The molecule has 22 heavy (non-hydrogen) atoms. The maximum atomic E-state index is 12.0. The molecule has 0 aliphatic carbocycles. The number of aromatic nitrogens is 2. The molecule has 0 saturated carbocycles. The van der Waals surface area contributed by atoms with Gasteiger partial charge in [-0.25, -0.2) is 9.40 Å². The quantitative estimate of drug-likeness (QED) is 0.802. The fraction of sp³-hybridized carbons (Fsp3) is 0.400. The summed E-state index contributed by atoms with van der Waals surface area (Å²) in [5.41, 5.74) is 1.98. The van der Waals surface area contributed by atoms with E-state index in [9.17, 15) is 8.42 Å². The number of para-hydroxylation sites is 1. The lowest BCUT2D eigenvalue weighted by Gasteiger charge is -2.18. The number of benzene rings is 1. The molecular weight excluding hydrogens is 300 g/mol. The van der Waals surface area contributed by atoms with Gasteiger partial charge < -0.3 is 0 Å². The molecule has 120 valence electrons. The molecule has 0 spiro atoms. The zero-order valence-corrected chi connectivity index (χ0v) is 13.8. The monoisotopic (exact) mass is 322 g/mol. The highest BCUT2D eigenvalue weighted by Gasteiger charge is 2.17. The van der Waals surface area contributed by atoms with Gasteiger partial charge in [0, 0.05) is 25.8 Å². The molecule has 1 heterocycles. The number of hydrogen-bond acceptors (Lipinski definition) is 3. The van der Waals surface area contributed by atoms with Crippen molar-refractivity contribution >= 4 is 10.2 Å². The predicted octanol–water partition coefficient (Wildman–Crippen LogP) is 1.59. The largest absolute Gasteiger partial charge is 0.279 e. The zero-order chi connectivity index (χ0) is 16.0. The summed E-state index contributed by atoms with van der Waals surface area (Å²) in [4.78, 5) is 0. The van der Waals surface area contributed by atoms with Gasteiger partial charge in [0.05, 0.1) is 11.9 Å². The van der Waals surface area contributed by atoms with Gasteiger partial charge >= 0.3 is 0 Å². The molecule has 2 aromatic rings. The van der Waals surface area contributed by atoms with E-state index in [1.807, 2.05) is 50.4 Å². The molecule has 7 heteroatoms. The first-order chi connectivity index (χ1) is 10.6. The van der Waals surface area contributed by atoms with Gasteiger partial charge in [-0.15, -0.1) is 0 Å². The highest BCUT2D eigenvalue weighted by atomic mass is 32.2. The third-order valence-electron chi connectivity index (χ3n) is 3.40. The van der Waals surface area contributed by atoms with Gasteiger partial charge in [-0.2, -0.15) is 17.8 Å². The van der Waals surface area contributed by atoms with E-state index in [4.69, 9.17) is 0 Å². The van der Waals surface area contributed by atoms with Gasteiger partial charge in [-0.3, -0.25) is 0 Å². The van der Waals surface area contributed by atoms with Crippen molar-refractivity contribution in [3.8, 4) is 5.69 Å². The maximum Gasteiger partial charge on any atom is 0.279 e. The topological polar surface area (TPSA) is 67.2 Å². The summed E-state index contributed by atoms with van der Waals surface area (Å²) in [6.07, 6.45) is 4.28. The minimum absolute atomic E-state index is 0.360. The van der Waals surface area contributed by atoms with Crippen molar-refractivity contribution in [2.75, 3.05) is 19.6 Å². The highest BCUT2D eigenvalue weighted by Crippen LogP contribution is 2.08. The molecule has 6 nitrogen and oxygen atoms in total. The van der Waals surface area contributed by atoms with Gasteiger partial charge in [0.15, 0.2) is 0 Å². The highest BCUT2D eigenvalue weighted by molar-refractivity contribution is 7.87. The standard InChI is InChI=1S/C15H22N4O2S/c1-3-18(4-2)22(20,21)17-11-10-14-12-16-19(13-14)15-8-6-5-7-9-15/h5-9,12-13,17H,3-4,10-11H2,1-2H3. The lowest BCUT2D eigenvalue weighted by molar-refractivity contribution is 0.435. The maximum absolute atomic E-state index is 12.0. The van der Waals surface area contributed by atoms with E-state index in [1.165, 1.54) is 4.31 Å². The summed E-state index contributed by atoms with van der Waals surface area (Å²) in [6.45, 7) is 4.95. The minimum atomic E-state index is -3.38. The molecule has 0 aliphatic heterocycles. The Kier molecular flexibility index (Phi) is 5.70. The average Bonchev–Trinajstić information content (AvgIpc) is 2.98. The average molecular weight is 322 g/mol. The Balaban J connectivity index is 1.92. The second-order valence-corrected chi connectivity index (χ2v) is 6.62. The molecule has 1 aromatic heterocycles. The zero-order valence-electron chi connectivity index (χ0n) is 12.9. The van der Waals surface area contributed by atoms with Crippen molar-refractivity contribution in [2.45, 2.75) is 20.3 Å². The van der Waals surface area contributed by atoms with Crippen molar-refractivity contribution < 1.29 is 8.42 Å². The number of nitrogens with zero attached hydrogens (tertiary/aromatic N) is 3. The molecule has 1 N–H and O–H groups in total. The van der Waals surface area contributed by atoms with Crippen LogP contribution in [0.4, 0.5) is 0 Å². The lowest BCUT2D eigenvalue weighted by atomic mass is 10.2. The van der Waals surface area contributed by atoms with Gasteiger partial charge in [0.25, 0.3) is 10.2 Å². The lowest BCUT2D eigenvalue weighted by Crippen LogP contribution is -2.41. The van der Waals surface area contributed by atoms with Crippen LogP contribution in [-0.2, 0) is 16.6 Å². The summed E-state index contributed by atoms with van der Waals surface area (Å²) >= 11 is 0. The number of rotatable bonds is 8. The first-order valence-corrected chi connectivity index (χ1v) is 8.84. The second-order valence-electron chi connectivity index (χ2n) is 4.86. The molecule has 0 atom stereocenters. The van der Waals surface area contributed by atoms with Crippen LogP contribution in [0.3, 0.4) is 0 Å². The number of hydrogen-bond donors (Lipinski definition) is 1. The first-order valence-electron chi connectivity index (χ1n) is 7.40. The van der Waals surface area contributed by atoms with Crippen LogP contribution in [0, 0.1) is 0 Å². The summed E-state index contributed by atoms with van der Waals surface area (Å²) in [7, 11) is -3.38. The Morgan fingerprint density at radius 2 is 1.86 bits per heavy atom. The van der Waals surface area contributed by atoms with E-state index >= 15 is 0 Å². The molecule has 0 bridgehead atoms. The fourth-order valence-corrected chi connectivity index (χ4v) is 3.41. The molecule has 0 saturated heterocycles. The minimum Gasteiger partial charge on any atom is -0.241 e. The van der Waals surface area contributed by atoms with E-state index in [0.717, 1.165) is 11.3 Å². The second kappa shape index (κ2) is 7.53. The van der Waals surface area contributed by atoms with Crippen molar-refractivity contribution in [3.05, 3.63) is 48.3 Å². The van der Waals surface area contributed by atoms with Crippen LogP contribution in [-0.4, -0.2) is 42.1 Å². The number of nitrogens with one attached hydrogen (secondary N) is 1. The van der Waals surface area contributed by atoms with Crippen molar-refractivity contribution in [1.29, 1.82) is 0 Å². The van der Waals surface area contributed by atoms with E-state index in [1.54, 1.807) is 10.9 Å². The predicted molar refractivity (Wildman–Crippen MR) is 87.1 cm³/mol. The normalized spacial score (nSPS) is 12.0. The Morgan fingerprint density at radius 1 is 1.18 bits per heavy atom. The van der Waals surface area contributed by atoms with Crippen LogP contribution < -0.4 is 4.72 Å². The Bertz CT molecular complexity index is 679. The van der Waals surface area contributed by atoms with Crippen LogP contribution in [0.1, 0.15) is 19.4 Å². The molecular formula is C15H22N4O2S. The van der Waals surface area contributed by atoms with Crippen LogP contribution in [0.15, 0.2) is 42.7 Å². The van der Waals surface area contributed by atoms with Gasteiger partial charge in [0.2, 0.25) is 0 Å². The third-order valence-corrected chi connectivity index (χ3v) is 5.17. The molecule has 0 unspecified atom stereocenters. The van der Waals surface area contributed by atoms with E-state index < -0.39 is 10.2 Å². The van der Waals surface area contributed by atoms with Gasteiger partial charge in [0.1, 0.15) is 0 Å². The van der Waals surface area contributed by atoms with Gasteiger partial charge in [-0.1, -0.05) is 32.0 Å². The summed E-state index contributed by atoms with van der Waals surface area (Å²) in [5.74, 6) is 0. The van der Waals surface area contributed by atoms with Crippen LogP contribution in [0.25, 0.3) is 5.69 Å². The van der Waals surface area contributed by atoms with Crippen molar-refractivity contribution in [2.24, 2.45) is 0 Å². The molecule has 0 aliphatic rings. The Labute approximate surface area is 131 Å². The van der Waals surface area contributed by atoms with Crippen LogP contribution in [0.2, 0.25) is 0 Å². The Morgan fingerprint density at radius 3 is 2.50 bits per heavy atom. The molecule has 1 aromatic carbocycles. The first kappa shape index (κ1) is 16.7. The van der Waals surface area contributed by atoms with E-state index in [2.05, 4.69) is 9.82 Å². The van der Waals surface area contributed by atoms with Crippen LogP contribution in [0.5, 0.6) is 0 Å². The molecule has 0 amide bonds. The van der Waals surface area contributed by atoms with E-state index in [-0.39, 0.29) is 0 Å². The summed E-state index contributed by atoms with van der Waals surface area (Å²) in [5, 5.41) is 4.30. The molecule has 0 fully saturated rings. The van der Waals surface area contributed by atoms with Gasteiger partial charge in [-0.05, 0) is 24.1 Å². The summed E-state index contributed by atoms with van der Waals surface area (Å²) in [6, 6.07) is 9.80. The van der Waals surface area contributed by atoms with Crippen molar-refractivity contribution in [1.82, 2.24) is 18.8 Å². The smallest absolute Gasteiger partial charge is 0.241 e. The van der Waals surface area contributed by atoms with Crippen molar-refractivity contribution in [3.63, 3.8) is 0 Å². The third kappa shape index (κ3) is 4.16. The fourth-order valence-electron chi connectivity index (χ4n) is 2.19. The molecule has 2 rings (SSSR count). The van der Waals surface area contributed by atoms with E-state index in [0.29, 0.717) is 26.1 Å².